The van der Waals surface area contributed by atoms with E-state index in [1.165, 1.54) is 12.4 Å². The zero-order valence-corrected chi connectivity index (χ0v) is 13.5. The number of H-pyrrole nitrogens is 1. The van der Waals surface area contributed by atoms with Crippen molar-refractivity contribution in [2.24, 2.45) is 0 Å². The summed E-state index contributed by atoms with van der Waals surface area (Å²) in [6, 6.07) is 15.7. The van der Waals surface area contributed by atoms with E-state index < -0.39 is 5.97 Å². The van der Waals surface area contributed by atoms with Crippen LogP contribution in [0.15, 0.2) is 67.1 Å². The Balaban J connectivity index is 1.67. The zero-order valence-electron chi connectivity index (χ0n) is 13.5. The van der Waals surface area contributed by atoms with E-state index >= 15 is 0 Å². The summed E-state index contributed by atoms with van der Waals surface area (Å²) in [5.41, 5.74) is 2.15. The van der Waals surface area contributed by atoms with E-state index in [1.807, 2.05) is 24.3 Å². The molecular weight excluding hydrogens is 332 g/mol. The molecule has 0 spiro atoms. The highest BCUT2D eigenvalue weighted by Gasteiger charge is 2.14. The van der Waals surface area contributed by atoms with Gasteiger partial charge in [-0.2, -0.15) is 0 Å². The summed E-state index contributed by atoms with van der Waals surface area (Å²) < 4.78 is 5.69. The summed E-state index contributed by atoms with van der Waals surface area (Å²) in [6.07, 6.45) is 3.22. The smallest absolute Gasteiger partial charge is 0.339 e. The largest absolute Gasteiger partial charge is 0.478 e. The molecule has 2 heterocycles. The number of nitrogens with zero attached hydrogens (tertiary/aromatic N) is 2. The van der Waals surface area contributed by atoms with Gasteiger partial charge in [-0.3, -0.25) is 0 Å². The molecule has 7 nitrogen and oxygen atoms in total. The second kappa shape index (κ2) is 6.56. The SMILES string of the molecule is O=C(O)c1cc(Nc2ncnc3cc[nH]c23)ccc1Oc1ccccc1. The van der Waals surface area contributed by atoms with Gasteiger partial charge in [-0.05, 0) is 36.4 Å². The number of hydrogen-bond acceptors (Lipinski definition) is 5. The van der Waals surface area contributed by atoms with Crippen LogP contribution in [0.4, 0.5) is 11.5 Å². The molecular formula is C19H14N4O3. The van der Waals surface area contributed by atoms with Crippen LogP contribution in [0.1, 0.15) is 10.4 Å². The zero-order chi connectivity index (χ0) is 17.9. The number of hydrogen-bond donors (Lipinski definition) is 3. The molecule has 4 aromatic rings. The second-order valence-corrected chi connectivity index (χ2v) is 5.52. The van der Waals surface area contributed by atoms with Crippen molar-refractivity contribution in [3.8, 4) is 11.5 Å². The first kappa shape index (κ1) is 15.6. The van der Waals surface area contributed by atoms with Crippen molar-refractivity contribution in [1.29, 1.82) is 0 Å². The van der Waals surface area contributed by atoms with E-state index in [-0.39, 0.29) is 11.3 Å². The van der Waals surface area contributed by atoms with Crippen LogP contribution in [0.25, 0.3) is 11.0 Å². The van der Waals surface area contributed by atoms with E-state index in [1.54, 1.807) is 30.5 Å². The van der Waals surface area contributed by atoms with E-state index in [0.29, 0.717) is 17.3 Å². The number of fused-ring (bicyclic) bond motifs is 1. The predicted molar refractivity (Wildman–Crippen MR) is 97.1 cm³/mol. The first-order chi connectivity index (χ1) is 12.7. The Kier molecular flexibility index (Phi) is 3.95. The van der Waals surface area contributed by atoms with Crippen LogP contribution in [0.5, 0.6) is 11.5 Å². The lowest BCUT2D eigenvalue weighted by atomic mass is 10.1. The average molecular weight is 346 g/mol. The Hall–Kier alpha value is -3.87. The first-order valence-electron chi connectivity index (χ1n) is 7.86. The summed E-state index contributed by atoms with van der Waals surface area (Å²) in [6.45, 7) is 0. The molecule has 0 saturated heterocycles. The standard InChI is InChI=1S/C19H14N4O3/c24-19(25)14-10-12(6-7-16(14)26-13-4-2-1-3-5-13)23-18-17-15(8-9-20-17)21-11-22-18/h1-11,20H,(H,24,25)(H,21,22,23). The van der Waals surface area contributed by atoms with Crippen molar-refractivity contribution in [3.63, 3.8) is 0 Å². The minimum absolute atomic E-state index is 0.0515. The number of aromatic carboxylic acids is 1. The fraction of sp³-hybridized carbons (Fsp3) is 0. The molecule has 26 heavy (non-hydrogen) atoms. The second-order valence-electron chi connectivity index (χ2n) is 5.52. The van der Waals surface area contributed by atoms with Crippen LogP contribution in [0.2, 0.25) is 0 Å². The average Bonchev–Trinajstić information content (AvgIpc) is 3.13. The molecule has 2 aromatic carbocycles. The van der Waals surface area contributed by atoms with Crippen molar-refractivity contribution < 1.29 is 14.6 Å². The molecule has 4 rings (SSSR count). The number of carboxylic acid groups (broad SMARTS) is 1. The molecule has 0 unspecified atom stereocenters. The minimum atomic E-state index is -1.08. The molecule has 0 aliphatic heterocycles. The Bertz CT molecular complexity index is 1080. The van der Waals surface area contributed by atoms with Gasteiger partial charge >= 0.3 is 5.97 Å². The summed E-state index contributed by atoms with van der Waals surface area (Å²) in [5.74, 6) is 0.321. The number of benzene rings is 2. The predicted octanol–water partition coefficient (Wildman–Crippen LogP) is 4.19. The fourth-order valence-electron chi connectivity index (χ4n) is 2.58. The van der Waals surface area contributed by atoms with Gasteiger partial charge in [0.15, 0.2) is 5.82 Å². The molecule has 0 aliphatic carbocycles. The third-order valence-electron chi connectivity index (χ3n) is 3.79. The van der Waals surface area contributed by atoms with Crippen molar-refractivity contribution in [2.75, 3.05) is 5.32 Å². The normalized spacial score (nSPS) is 10.6. The third kappa shape index (κ3) is 3.05. The van der Waals surface area contributed by atoms with Gasteiger partial charge in [0.1, 0.15) is 28.9 Å². The number of carbonyl (C=O) groups is 1. The summed E-state index contributed by atoms with van der Waals surface area (Å²) in [7, 11) is 0. The number of ether oxygens (including phenoxy) is 1. The molecule has 128 valence electrons. The number of anilines is 2. The van der Waals surface area contributed by atoms with Crippen molar-refractivity contribution in [3.05, 3.63) is 72.7 Å². The van der Waals surface area contributed by atoms with E-state index in [2.05, 4.69) is 20.3 Å². The molecule has 0 fully saturated rings. The highest BCUT2D eigenvalue weighted by Crippen LogP contribution is 2.30. The maximum Gasteiger partial charge on any atom is 0.339 e. The molecule has 7 heteroatoms. The lowest BCUT2D eigenvalue weighted by molar-refractivity contribution is 0.0694. The van der Waals surface area contributed by atoms with Crippen molar-refractivity contribution in [1.82, 2.24) is 15.0 Å². The number of aromatic nitrogens is 3. The van der Waals surface area contributed by atoms with Crippen LogP contribution in [-0.2, 0) is 0 Å². The first-order valence-corrected chi connectivity index (χ1v) is 7.86. The molecule has 0 atom stereocenters. The number of aromatic amines is 1. The molecule has 0 saturated carbocycles. The minimum Gasteiger partial charge on any atom is -0.478 e. The van der Waals surface area contributed by atoms with Crippen LogP contribution in [0, 0.1) is 0 Å². The van der Waals surface area contributed by atoms with Gasteiger partial charge in [0.05, 0.1) is 5.52 Å². The molecule has 0 aliphatic rings. The molecule has 0 bridgehead atoms. The summed E-state index contributed by atoms with van der Waals surface area (Å²) >= 11 is 0. The Morgan fingerprint density at radius 3 is 2.73 bits per heavy atom. The molecule has 0 amide bonds. The van der Waals surface area contributed by atoms with E-state index in [0.717, 1.165) is 11.0 Å². The number of carboxylic acids is 1. The number of nitrogens with one attached hydrogen (secondary N) is 2. The van der Waals surface area contributed by atoms with Gasteiger partial charge in [0.2, 0.25) is 0 Å². The van der Waals surface area contributed by atoms with Gasteiger partial charge in [-0.15, -0.1) is 0 Å². The fourth-order valence-corrected chi connectivity index (χ4v) is 2.58. The van der Waals surface area contributed by atoms with Gasteiger partial charge in [-0.25, -0.2) is 14.8 Å². The van der Waals surface area contributed by atoms with Crippen LogP contribution >= 0.6 is 0 Å². The molecule has 3 N–H and O–H groups in total. The van der Waals surface area contributed by atoms with Gasteiger partial charge in [0, 0.05) is 11.9 Å². The maximum atomic E-state index is 11.6. The van der Waals surface area contributed by atoms with Gasteiger partial charge in [-0.1, -0.05) is 18.2 Å². The van der Waals surface area contributed by atoms with Crippen LogP contribution < -0.4 is 10.1 Å². The molecule has 2 aromatic heterocycles. The Labute approximate surface area is 148 Å². The number of rotatable bonds is 5. The molecule has 0 radical (unpaired) electrons. The number of para-hydroxylation sites is 1. The van der Waals surface area contributed by atoms with Crippen LogP contribution in [-0.4, -0.2) is 26.0 Å². The monoisotopic (exact) mass is 346 g/mol. The topological polar surface area (TPSA) is 100 Å². The van der Waals surface area contributed by atoms with Crippen molar-refractivity contribution >= 4 is 28.5 Å². The lowest BCUT2D eigenvalue weighted by Crippen LogP contribution is -2.02. The van der Waals surface area contributed by atoms with Crippen LogP contribution in [0.3, 0.4) is 0 Å². The maximum absolute atomic E-state index is 11.6. The van der Waals surface area contributed by atoms with E-state index in [4.69, 9.17) is 4.74 Å². The highest BCUT2D eigenvalue weighted by molar-refractivity contribution is 5.93. The lowest BCUT2D eigenvalue weighted by Gasteiger charge is -2.12. The third-order valence-corrected chi connectivity index (χ3v) is 3.79. The van der Waals surface area contributed by atoms with E-state index in [9.17, 15) is 9.90 Å². The van der Waals surface area contributed by atoms with Gasteiger partial charge < -0.3 is 20.1 Å². The quantitative estimate of drug-likeness (QED) is 0.501. The summed E-state index contributed by atoms with van der Waals surface area (Å²) in [4.78, 5) is 23.1. The highest BCUT2D eigenvalue weighted by atomic mass is 16.5. The van der Waals surface area contributed by atoms with Crippen molar-refractivity contribution in [2.45, 2.75) is 0 Å². The Morgan fingerprint density at radius 2 is 1.92 bits per heavy atom. The Morgan fingerprint density at radius 1 is 1.08 bits per heavy atom. The summed E-state index contributed by atoms with van der Waals surface area (Å²) in [5, 5.41) is 12.7. The van der Waals surface area contributed by atoms with Gasteiger partial charge in [0.25, 0.3) is 0 Å².